The van der Waals surface area contributed by atoms with E-state index in [0.717, 1.165) is 5.56 Å². The number of ether oxygens (including phenoxy) is 2. The van der Waals surface area contributed by atoms with Crippen molar-refractivity contribution < 1.29 is 23.9 Å². The van der Waals surface area contributed by atoms with Gasteiger partial charge < -0.3 is 19.5 Å². The van der Waals surface area contributed by atoms with Crippen LogP contribution in [0.1, 0.15) is 5.56 Å². The van der Waals surface area contributed by atoms with Gasteiger partial charge >= 0.3 is 7.12 Å². The van der Waals surface area contributed by atoms with Crippen molar-refractivity contribution in [3.8, 4) is 11.5 Å². The van der Waals surface area contributed by atoms with E-state index in [2.05, 4.69) is 0 Å². The maximum absolute atomic E-state index is 13.4. The van der Waals surface area contributed by atoms with Gasteiger partial charge in [0.05, 0.1) is 0 Å². The maximum atomic E-state index is 13.4. The number of hydrogen-bond acceptors (Lipinski definition) is 4. The molecule has 2 aromatic rings. The average molecular weight is 290 g/mol. The first kappa shape index (κ1) is 15.3. The van der Waals surface area contributed by atoms with Crippen molar-refractivity contribution in [2.45, 2.75) is 6.92 Å². The monoisotopic (exact) mass is 290 g/mol. The van der Waals surface area contributed by atoms with E-state index >= 15 is 0 Å². The minimum atomic E-state index is -1.49. The van der Waals surface area contributed by atoms with Crippen LogP contribution in [0, 0.1) is 12.7 Å². The lowest BCUT2D eigenvalue weighted by atomic mass is 9.80. The van der Waals surface area contributed by atoms with Crippen LogP contribution >= 0.6 is 0 Å². The van der Waals surface area contributed by atoms with Crippen LogP contribution < -0.4 is 14.9 Å². The molecule has 2 rings (SSSR count). The smallest absolute Gasteiger partial charge is 0.488 e. The van der Waals surface area contributed by atoms with Gasteiger partial charge in [-0.2, -0.15) is 0 Å². The molecule has 0 atom stereocenters. The Morgan fingerprint density at radius 3 is 2.33 bits per heavy atom. The van der Waals surface area contributed by atoms with Crippen LogP contribution in [-0.4, -0.2) is 30.4 Å². The highest BCUT2D eigenvalue weighted by molar-refractivity contribution is 6.58. The molecule has 0 aliphatic carbocycles. The normalized spacial score (nSPS) is 10.3. The van der Waals surface area contributed by atoms with Gasteiger partial charge in [0.25, 0.3) is 0 Å². The second-order valence-electron chi connectivity index (χ2n) is 4.57. The Kier molecular flexibility index (Phi) is 5.19. The van der Waals surface area contributed by atoms with Crippen LogP contribution in [0.15, 0.2) is 42.5 Å². The zero-order valence-corrected chi connectivity index (χ0v) is 11.6. The van der Waals surface area contributed by atoms with E-state index in [1.165, 1.54) is 6.07 Å². The van der Waals surface area contributed by atoms with E-state index in [1.54, 1.807) is 36.4 Å². The predicted molar refractivity (Wildman–Crippen MR) is 78.4 cm³/mol. The molecule has 0 heterocycles. The summed E-state index contributed by atoms with van der Waals surface area (Å²) in [5.41, 5.74) is 1.31. The summed E-state index contributed by atoms with van der Waals surface area (Å²) in [6.45, 7) is 2.33. The zero-order valence-electron chi connectivity index (χ0n) is 11.6. The fraction of sp³-hybridized carbons (Fsp3) is 0.200. The van der Waals surface area contributed by atoms with E-state index in [9.17, 15) is 4.39 Å². The molecule has 2 N–H and O–H groups in total. The molecule has 4 nitrogen and oxygen atoms in total. The molecule has 0 aliphatic heterocycles. The van der Waals surface area contributed by atoms with Crippen LogP contribution in [-0.2, 0) is 0 Å². The summed E-state index contributed by atoms with van der Waals surface area (Å²) in [5, 5.41) is 17.9. The van der Waals surface area contributed by atoms with E-state index in [1.807, 2.05) is 6.92 Å². The van der Waals surface area contributed by atoms with E-state index < -0.39 is 12.9 Å². The van der Waals surface area contributed by atoms with Crippen LogP contribution in [0.2, 0.25) is 0 Å². The second-order valence-corrected chi connectivity index (χ2v) is 4.57. The minimum Gasteiger partial charge on any atom is -0.490 e. The predicted octanol–water partition coefficient (Wildman–Crippen LogP) is 1.27. The number of hydrogen-bond donors (Lipinski definition) is 2. The Hall–Kier alpha value is -2.05. The highest BCUT2D eigenvalue weighted by Crippen LogP contribution is 2.18. The first-order valence-electron chi connectivity index (χ1n) is 6.54. The minimum absolute atomic E-state index is 0.206. The summed E-state index contributed by atoms with van der Waals surface area (Å²) in [6, 6.07) is 11.0. The van der Waals surface area contributed by atoms with Gasteiger partial charge in [-0.15, -0.1) is 0 Å². The van der Waals surface area contributed by atoms with Gasteiger partial charge in [0.2, 0.25) is 0 Å². The Morgan fingerprint density at radius 2 is 1.67 bits per heavy atom. The number of halogens is 1. The lowest BCUT2D eigenvalue weighted by Gasteiger charge is -2.10. The molecule has 110 valence electrons. The van der Waals surface area contributed by atoms with Crippen molar-refractivity contribution in [1.82, 2.24) is 0 Å². The Balaban J connectivity index is 1.80. The molecule has 0 amide bonds. The molecular weight excluding hydrogens is 274 g/mol. The number of benzene rings is 2. The fourth-order valence-corrected chi connectivity index (χ4v) is 1.77. The molecule has 0 fully saturated rings. The van der Waals surface area contributed by atoms with Crippen LogP contribution in [0.5, 0.6) is 11.5 Å². The summed E-state index contributed by atoms with van der Waals surface area (Å²) < 4.78 is 24.2. The Morgan fingerprint density at radius 1 is 1.00 bits per heavy atom. The first-order valence-corrected chi connectivity index (χ1v) is 6.54. The third-order valence-electron chi connectivity index (χ3n) is 2.87. The topological polar surface area (TPSA) is 58.9 Å². The summed E-state index contributed by atoms with van der Waals surface area (Å²) in [4.78, 5) is 0. The van der Waals surface area contributed by atoms with Gasteiger partial charge in [0, 0.05) is 0 Å². The summed E-state index contributed by atoms with van der Waals surface area (Å²) >= 11 is 0. The number of rotatable bonds is 6. The van der Waals surface area contributed by atoms with Gasteiger partial charge in [-0.05, 0) is 42.2 Å². The first-order chi connectivity index (χ1) is 10.1. The molecule has 0 aromatic heterocycles. The van der Waals surface area contributed by atoms with Gasteiger partial charge in [0.1, 0.15) is 19.0 Å². The molecule has 0 bridgehead atoms. The SMILES string of the molecule is Cc1ccc(F)c(OCCOc2ccc(B(O)O)cc2)c1. The van der Waals surface area contributed by atoms with Gasteiger partial charge in [-0.25, -0.2) is 4.39 Å². The average Bonchev–Trinajstić information content (AvgIpc) is 2.47. The second kappa shape index (κ2) is 7.10. The van der Waals surface area contributed by atoms with Gasteiger partial charge in [-0.3, -0.25) is 0 Å². The van der Waals surface area contributed by atoms with Crippen LogP contribution in [0.25, 0.3) is 0 Å². The van der Waals surface area contributed by atoms with E-state index in [-0.39, 0.29) is 19.0 Å². The highest BCUT2D eigenvalue weighted by Gasteiger charge is 2.09. The molecule has 0 saturated heterocycles. The molecular formula is C15H16BFO4. The van der Waals surface area contributed by atoms with Crippen molar-refractivity contribution in [3.05, 3.63) is 53.8 Å². The molecule has 0 unspecified atom stereocenters. The van der Waals surface area contributed by atoms with Crippen molar-refractivity contribution in [3.63, 3.8) is 0 Å². The summed E-state index contributed by atoms with van der Waals surface area (Å²) in [5.74, 6) is 0.381. The highest BCUT2D eigenvalue weighted by atomic mass is 19.1. The van der Waals surface area contributed by atoms with Crippen molar-refractivity contribution >= 4 is 12.6 Å². The van der Waals surface area contributed by atoms with Crippen molar-refractivity contribution in [1.29, 1.82) is 0 Å². The van der Waals surface area contributed by atoms with Crippen LogP contribution in [0.4, 0.5) is 4.39 Å². The Labute approximate surface area is 122 Å². The molecule has 2 aromatic carbocycles. The third kappa shape index (κ3) is 4.48. The largest absolute Gasteiger partial charge is 0.490 e. The fourth-order valence-electron chi connectivity index (χ4n) is 1.77. The van der Waals surface area contributed by atoms with Crippen LogP contribution in [0.3, 0.4) is 0 Å². The van der Waals surface area contributed by atoms with Gasteiger partial charge in [0.15, 0.2) is 11.6 Å². The quantitative estimate of drug-likeness (QED) is 0.621. The van der Waals surface area contributed by atoms with Crippen molar-refractivity contribution in [2.24, 2.45) is 0 Å². The standard InChI is InChI=1S/C15H16BFO4/c1-11-2-7-14(17)15(10-11)21-9-8-20-13-5-3-12(4-6-13)16(18)19/h2-7,10,18-19H,8-9H2,1H3. The zero-order chi connectivity index (χ0) is 15.2. The lowest BCUT2D eigenvalue weighted by molar-refractivity contribution is 0.211. The van der Waals surface area contributed by atoms with Crippen molar-refractivity contribution in [2.75, 3.05) is 13.2 Å². The molecule has 0 spiro atoms. The van der Waals surface area contributed by atoms with E-state index in [0.29, 0.717) is 11.2 Å². The molecule has 0 saturated carbocycles. The number of aryl methyl sites for hydroxylation is 1. The maximum Gasteiger partial charge on any atom is 0.488 e. The molecule has 0 radical (unpaired) electrons. The Bertz CT molecular complexity index is 587. The summed E-state index contributed by atoms with van der Waals surface area (Å²) in [7, 11) is -1.49. The third-order valence-corrected chi connectivity index (χ3v) is 2.87. The molecule has 6 heteroatoms. The van der Waals surface area contributed by atoms with Gasteiger partial charge in [-0.1, -0.05) is 18.2 Å². The summed E-state index contributed by atoms with van der Waals surface area (Å²) in [6.07, 6.45) is 0. The molecule has 0 aliphatic rings. The molecule has 21 heavy (non-hydrogen) atoms. The lowest BCUT2D eigenvalue weighted by Crippen LogP contribution is -2.29. The van der Waals surface area contributed by atoms with E-state index in [4.69, 9.17) is 19.5 Å².